The van der Waals surface area contributed by atoms with Crippen LogP contribution in [-0.4, -0.2) is 31.5 Å². The van der Waals surface area contributed by atoms with Crippen LogP contribution in [0.15, 0.2) is 24.3 Å². The van der Waals surface area contributed by atoms with E-state index in [4.69, 9.17) is 15.1 Å². The summed E-state index contributed by atoms with van der Waals surface area (Å²) in [6, 6.07) is 9.53. The van der Waals surface area contributed by atoms with E-state index in [9.17, 15) is 0 Å². The number of nitrogens with one attached hydrogen (secondary N) is 1. The van der Waals surface area contributed by atoms with Crippen molar-refractivity contribution in [3.63, 3.8) is 0 Å². The van der Waals surface area contributed by atoms with E-state index in [0.717, 1.165) is 18.7 Å². The van der Waals surface area contributed by atoms with Crippen LogP contribution in [-0.2, 0) is 4.74 Å². The molecule has 4 heteroatoms. The Kier molecular flexibility index (Phi) is 6.00. The summed E-state index contributed by atoms with van der Waals surface area (Å²) >= 11 is 0. The third kappa shape index (κ3) is 4.30. The predicted molar refractivity (Wildman–Crippen MR) is 62.2 cm³/mol. The zero-order chi connectivity index (χ0) is 11.6. The fourth-order valence-corrected chi connectivity index (χ4v) is 1.30. The molecule has 0 amide bonds. The lowest BCUT2D eigenvalue weighted by atomic mass is 10.2. The molecule has 2 N–H and O–H groups in total. The summed E-state index contributed by atoms with van der Waals surface area (Å²) in [4.78, 5) is 0. The zero-order valence-corrected chi connectivity index (χ0v) is 9.15. The second kappa shape index (κ2) is 7.69. The maximum atomic E-state index is 8.85. The van der Waals surface area contributed by atoms with Crippen LogP contribution in [0.4, 0.5) is 5.69 Å². The molecular formula is C12H16N2O2. The van der Waals surface area contributed by atoms with Gasteiger partial charge in [-0.25, -0.2) is 0 Å². The summed E-state index contributed by atoms with van der Waals surface area (Å²) in [6.45, 7) is 1.81. The lowest BCUT2D eigenvalue weighted by molar-refractivity contribution is 0.0922. The molecule has 0 fully saturated rings. The molecule has 1 aromatic rings. The van der Waals surface area contributed by atoms with Gasteiger partial charge in [0.2, 0.25) is 0 Å². The SMILES string of the molecule is N#Cc1ccccc1NCCCOCCO. The average Bonchev–Trinajstić information content (AvgIpc) is 2.34. The van der Waals surface area contributed by atoms with Crippen molar-refractivity contribution in [2.45, 2.75) is 6.42 Å². The van der Waals surface area contributed by atoms with Gasteiger partial charge in [0.15, 0.2) is 0 Å². The molecule has 0 spiro atoms. The Labute approximate surface area is 95.5 Å². The molecule has 0 unspecified atom stereocenters. The fraction of sp³-hybridized carbons (Fsp3) is 0.417. The van der Waals surface area contributed by atoms with E-state index in [1.807, 2.05) is 18.2 Å². The molecule has 0 atom stereocenters. The van der Waals surface area contributed by atoms with Crippen LogP contribution in [0.3, 0.4) is 0 Å². The fourth-order valence-electron chi connectivity index (χ4n) is 1.30. The number of nitriles is 1. The summed E-state index contributed by atoms with van der Waals surface area (Å²) in [7, 11) is 0. The van der Waals surface area contributed by atoms with Gasteiger partial charge in [-0.1, -0.05) is 12.1 Å². The van der Waals surface area contributed by atoms with E-state index < -0.39 is 0 Å². The van der Waals surface area contributed by atoms with Crippen molar-refractivity contribution < 1.29 is 9.84 Å². The summed E-state index contributed by atoms with van der Waals surface area (Å²) in [5.74, 6) is 0. The van der Waals surface area contributed by atoms with E-state index in [0.29, 0.717) is 18.8 Å². The Bertz CT molecular complexity index is 347. The summed E-state index contributed by atoms with van der Waals surface area (Å²) < 4.78 is 5.12. The number of ether oxygens (including phenoxy) is 1. The van der Waals surface area contributed by atoms with Crippen LogP contribution >= 0.6 is 0 Å². The summed E-state index contributed by atoms with van der Waals surface area (Å²) in [6.07, 6.45) is 0.847. The summed E-state index contributed by atoms with van der Waals surface area (Å²) in [5, 5.41) is 20.5. The number of aliphatic hydroxyl groups excluding tert-OH is 1. The third-order valence-corrected chi connectivity index (χ3v) is 2.06. The highest BCUT2D eigenvalue weighted by Crippen LogP contribution is 2.12. The van der Waals surface area contributed by atoms with E-state index >= 15 is 0 Å². The lowest BCUT2D eigenvalue weighted by Gasteiger charge is -2.07. The smallest absolute Gasteiger partial charge is 0.101 e. The number of para-hydroxylation sites is 1. The second-order valence-corrected chi connectivity index (χ2v) is 3.27. The van der Waals surface area contributed by atoms with Crippen LogP contribution in [0, 0.1) is 11.3 Å². The van der Waals surface area contributed by atoms with Crippen LogP contribution < -0.4 is 5.32 Å². The van der Waals surface area contributed by atoms with Gasteiger partial charge in [-0.2, -0.15) is 5.26 Å². The normalized spacial score (nSPS) is 9.75. The maximum Gasteiger partial charge on any atom is 0.101 e. The zero-order valence-electron chi connectivity index (χ0n) is 9.15. The van der Waals surface area contributed by atoms with Gasteiger partial charge in [0, 0.05) is 13.2 Å². The molecule has 0 aliphatic rings. The van der Waals surface area contributed by atoms with Crippen molar-refractivity contribution in [2.75, 3.05) is 31.7 Å². The Balaban J connectivity index is 2.24. The van der Waals surface area contributed by atoms with Crippen molar-refractivity contribution in [2.24, 2.45) is 0 Å². The summed E-state index contributed by atoms with van der Waals surface area (Å²) in [5.41, 5.74) is 1.51. The molecule has 86 valence electrons. The number of rotatable bonds is 7. The molecule has 0 radical (unpaired) electrons. The first-order valence-electron chi connectivity index (χ1n) is 5.30. The third-order valence-electron chi connectivity index (χ3n) is 2.06. The van der Waals surface area contributed by atoms with Gasteiger partial charge in [0.25, 0.3) is 0 Å². The first kappa shape index (κ1) is 12.5. The molecule has 0 saturated carbocycles. The van der Waals surface area contributed by atoms with Gasteiger partial charge >= 0.3 is 0 Å². The van der Waals surface area contributed by atoms with Gasteiger partial charge in [0.1, 0.15) is 6.07 Å². The number of hydrogen-bond acceptors (Lipinski definition) is 4. The molecule has 1 rings (SSSR count). The van der Waals surface area contributed by atoms with Gasteiger partial charge in [-0.15, -0.1) is 0 Å². The Morgan fingerprint density at radius 3 is 2.88 bits per heavy atom. The van der Waals surface area contributed by atoms with Gasteiger partial charge < -0.3 is 15.2 Å². The molecule has 0 aromatic heterocycles. The topological polar surface area (TPSA) is 65.3 Å². The van der Waals surface area contributed by atoms with Gasteiger partial charge in [-0.3, -0.25) is 0 Å². The first-order valence-corrected chi connectivity index (χ1v) is 5.30. The van der Waals surface area contributed by atoms with E-state index in [-0.39, 0.29) is 6.61 Å². The van der Waals surface area contributed by atoms with Crippen molar-refractivity contribution in [1.29, 1.82) is 5.26 Å². The number of hydrogen-bond donors (Lipinski definition) is 2. The van der Waals surface area contributed by atoms with Crippen molar-refractivity contribution >= 4 is 5.69 Å². The maximum absolute atomic E-state index is 8.85. The van der Waals surface area contributed by atoms with Gasteiger partial charge in [0.05, 0.1) is 24.5 Å². The standard InChI is InChI=1S/C12H16N2O2/c13-10-11-4-1-2-5-12(11)14-6-3-8-16-9-7-15/h1-2,4-5,14-15H,3,6-9H2. The number of anilines is 1. The molecule has 16 heavy (non-hydrogen) atoms. The highest BCUT2D eigenvalue weighted by Gasteiger charge is 1.98. The van der Waals surface area contributed by atoms with Gasteiger partial charge in [-0.05, 0) is 18.6 Å². The Morgan fingerprint density at radius 2 is 2.12 bits per heavy atom. The molecule has 0 aliphatic carbocycles. The molecule has 0 saturated heterocycles. The van der Waals surface area contributed by atoms with Crippen molar-refractivity contribution in [1.82, 2.24) is 0 Å². The minimum absolute atomic E-state index is 0.0602. The quantitative estimate of drug-likeness (QED) is 0.681. The monoisotopic (exact) mass is 220 g/mol. The van der Waals surface area contributed by atoms with Crippen molar-refractivity contribution in [3.8, 4) is 6.07 Å². The average molecular weight is 220 g/mol. The second-order valence-electron chi connectivity index (χ2n) is 3.27. The van der Waals surface area contributed by atoms with Crippen LogP contribution in [0.25, 0.3) is 0 Å². The highest BCUT2D eigenvalue weighted by molar-refractivity contribution is 5.56. The minimum atomic E-state index is 0.0602. The van der Waals surface area contributed by atoms with Crippen molar-refractivity contribution in [3.05, 3.63) is 29.8 Å². The Hall–Kier alpha value is -1.57. The van der Waals surface area contributed by atoms with E-state index in [1.165, 1.54) is 0 Å². The van der Waals surface area contributed by atoms with Crippen LogP contribution in [0.1, 0.15) is 12.0 Å². The van der Waals surface area contributed by atoms with Crippen LogP contribution in [0.2, 0.25) is 0 Å². The molecular weight excluding hydrogens is 204 g/mol. The minimum Gasteiger partial charge on any atom is -0.394 e. The lowest BCUT2D eigenvalue weighted by Crippen LogP contribution is -2.08. The first-order chi connectivity index (χ1) is 7.88. The van der Waals surface area contributed by atoms with Crippen LogP contribution in [0.5, 0.6) is 0 Å². The molecule has 0 bridgehead atoms. The number of benzene rings is 1. The molecule has 0 aliphatic heterocycles. The number of nitrogens with zero attached hydrogens (tertiary/aromatic N) is 1. The molecule has 4 nitrogen and oxygen atoms in total. The largest absolute Gasteiger partial charge is 0.394 e. The van der Waals surface area contributed by atoms with E-state index in [1.54, 1.807) is 6.07 Å². The predicted octanol–water partition coefficient (Wildman–Crippen LogP) is 1.37. The molecule has 0 heterocycles. The Morgan fingerprint density at radius 1 is 1.31 bits per heavy atom. The highest BCUT2D eigenvalue weighted by atomic mass is 16.5. The molecule has 1 aromatic carbocycles. The number of aliphatic hydroxyl groups is 1. The van der Waals surface area contributed by atoms with E-state index in [2.05, 4.69) is 11.4 Å².